The average Bonchev–Trinajstić information content (AvgIpc) is 2.18. The molecule has 2 amide bonds. The molecule has 5 heteroatoms. The largest absolute Gasteiger partial charge is 0.481 e. The molecule has 0 atom stereocenters. The van der Waals surface area contributed by atoms with E-state index in [1.165, 1.54) is 12.8 Å². The predicted octanol–water partition coefficient (Wildman–Crippen LogP) is 1.29. The van der Waals surface area contributed by atoms with Gasteiger partial charge in [-0.25, -0.2) is 4.79 Å². The molecule has 17 heavy (non-hydrogen) atoms. The van der Waals surface area contributed by atoms with E-state index in [0.29, 0.717) is 13.1 Å². The fourth-order valence-corrected chi connectivity index (χ4v) is 2.47. The van der Waals surface area contributed by atoms with Crippen molar-refractivity contribution in [3.8, 4) is 0 Å². The van der Waals surface area contributed by atoms with Crippen LogP contribution in [0, 0.1) is 11.8 Å². The highest BCUT2D eigenvalue weighted by Gasteiger charge is 2.36. The number of hydrogen-bond acceptors (Lipinski definition) is 2. The van der Waals surface area contributed by atoms with Crippen molar-refractivity contribution in [3.63, 3.8) is 0 Å². The maximum absolute atomic E-state index is 11.8. The number of carboxylic acid groups (broad SMARTS) is 1. The second-order valence-electron chi connectivity index (χ2n) is 5.35. The zero-order chi connectivity index (χ0) is 12.4. The third kappa shape index (κ3) is 2.90. The van der Waals surface area contributed by atoms with Crippen LogP contribution in [0.25, 0.3) is 0 Å². The maximum atomic E-state index is 11.8. The number of rotatable bonds is 2. The molecule has 2 N–H and O–H groups in total. The molecule has 96 valence electrons. The summed E-state index contributed by atoms with van der Waals surface area (Å²) in [4.78, 5) is 24.0. The predicted molar refractivity (Wildman–Crippen MR) is 62.7 cm³/mol. The number of carboxylic acids is 1. The quantitative estimate of drug-likeness (QED) is 0.764. The van der Waals surface area contributed by atoms with Gasteiger partial charge in [0.25, 0.3) is 0 Å². The molecule has 2 rings (SSSR count). The van der Waals surface area contributed by atoms with Gasteiger partial charge in [-0.15, -0.1) is 0 Å². The van der Waals surface area contributed by atoms with Crippen LogP contribution in [0.15, 0.2) is 0 Å². The number of nitrogens with zero attached hydrogens (tertiary/aromatic N) is 1. The van der Waals surface area contributed by atoms with E-state index in [-0.39, 0.29) is 18.0 Å². The van der Waals surface area contributed by atoms with E-state index in [1.54, 1.807) is 4.90 Å². The van der Waals surface area contributed by atoms with Crippen molar-refractivity contribution in [1.82, 2.24) is 10.2 Å². The van der Waals surface area contributed by atoms with Crippen LogP contribution in [0.5, 0.6) is 0 Å². The molecule has 0 unspecified atom stereocenters. The summed E-state index contributed by atoms with van der Waals surface area (Å²) >= 11 is 0. The summed E-state index contributed by atoms with van der Waals surface area (Å²) in [5.74, 6) is -0.406. The lowest BCUT2D eigenvalue weighted by Gasteiger charge is -2.38. The van der Waals surface area contributed by atoms with Crippen LogP contribution in [0.3, 0.4) is 0 Å². The third-order valence-corrected chi connectivity index (χ3v) is 3.86. The number of carbonyl (C=O) groups excluding carboxylic acids is 1. The molecule has 0 bridgehead atoms. The summed E-state index contributed by atoms with van der Waals surface area (Å²) < 4.78 is 0. The molecule has 2 aliphatic rings. The molecule has 2 fully saturated rings. The van der Waals surface area contributed by atoms with Crippen LogP contribution < -0.4 is 5.32 Å². The molecule has 0 radical (unpaired) electrons. The minimum absolute atomic E-state index is 0.0953. The second kappa shape index (κ2) is 4.94. The topological polar surface area (TPSA) is 69.6 Å². The zero-order valence-electron chi connectivity index (χ0n) is 10.2. The summed E-state index contributed by atoms with van der Waals surface area (Å²) in [6.07, 6.45) is 4.43. The van der Waals surface area contributed by atoms with Gasteiger partial charge in [-0.3, -0.25) is 4.79 Å². The van der Waals surface area contributed by atoms with Crippen LogP contribution in [-0.2, 0) is 4.79 Å². The van der Waals surface area contributed by atoms with Crippen molar-refractivity contribution in [2.75, 3.05) is 13.1 Å². The normalized spacial score (nSPS) is 29.6. The fraction of sp³-hybridized carbons (Fsp3) is 0.833. The first kappa shape index (κ1) is 12.2. The summed E-state index contributed by atoms with van der Waals surface area (Å²) in [7, 11) is 0. The molecular formula is C12H20N2O3. The Bertz CT molecular complexity index is 305. The molecule has 1 heterocycles. The number of aliphatic carboxylic acids is 1. The Kier molecular flexibility index (Phi) is 3.54. The smallest absolute Gasteiger partial charge is 0.317 e. The van der Waals surface area contributed by atoms with E-state index < -0.39 is 5.97 Å². The first-order valence-corrected chi connectivity index (χ1v) is 6.34. The summed E-state index contributed by atoms with van der Waals surface area (Å²) in [6.45, 7) is 2.94. The molecule has 1 aliphatic heterocycles. The monoisotopic (exact) mass is 240 g/mol. The van der Waals surface area contributed by atoms with Crippen molar-refractivity contribution in [2.24, 2.45) is 11.8 Å². The van der Waals surface area contributed by atoms with Gasteiger partial charge in [0.15, 0.2) is 0 Å². The first-order chi connectivity index (χ1) is 8.06. The number of carbonyl (C=O) groups is 2. The standard InChI is InChI=1S/C12H20N2O3/c1-8-2-4-10(5-3-8)13-12(17)14-6-9(7-14)11(15)16/h8-10H,2-7H2,1H3,(H,13,17)(H,15,16). The Morgan fingerprint density at radius 1 is 1.18 bits per heavy atom. The second-order valence-corrected chi connectivity index (χ2v) is 5.35. The first-order valence-electron chi connectivity index (χ1n) is 6.34. The summed E-state index contributed by atoms with van der Waals surface area (Å²) in [6, 6.07) is 0.185. The molecule has 1 aliphatic carbocycles. The number of amides is 2. The molecule has 0 spiro atoms. The van der Waals surface area contributed by atoms with Crippen LogP contribution in [0.4, 0.5) is 4.79 Å². The number of likely N-dealkylation sites (tertiary alicyclic amines) is 1. The number of urea groups is 1. The fourth-order valence-electron chi connectivity index (χ4n) is 2.47. The van der Waals surface area contributed by atoms with Crippen molar-refractivity contribution in [1.29, 1.82) is 0 Å². The van der Waals surface area contributed by atoms with Crippen molar-refractivity contribution in [2.45, 2.75) is 38.6 Å². The Labute approximate surface area is 101 Å². The lowest BCUT2D eigenvalue weighted by Crippen LogP contribution is -2.57. The van der Waals surface area contributed by atoms with E-state index in [4.69, 9.17) is 5.11 Å². The van der Waals surface area contributed by atoms with Crippen LogP contribution >= 0.6 is 0 Å². The summed E-state index contributed by atoms with van der Waals surface area (Å²) in [5, 5.41) is 11.7. The van der Waals surface area contributed by atoms with Gasteiger partial charge in [0.2, 0.25) is 0 Å². The molecule has 1 saturated carbocycles. The minimum atomic E-state index is -0.805. The van der Waals surface area contributed by atoms with Crippen LogP contribution in [-0.4, -0.2) is 41.1 Å². The summed E-state index contributed by atoms with van der Waals surface area (Å²) in [5.41, 5.74) is 0. The van der Waals surface area contributed by atoms with Crippen molar-refractivity contribution in [3.05, 3.63) is 0 Å². The average molecular weight is 240 g/mol. The molecule has 0 aromatic carbocycles. The van der Waals surface area contributed by atoms with Gasteiger partial charge < -0.3 is 15.3 Å². The number of nitrogens with one attached hydrogen (secondary N) is 1. The maximum Gasteiger partial charge on any atom is 0.317 e. The van der Waals surface area contributed by atoms with Gasteiger partial charge in [0.05, 0.1) is 5.92 Å². The van der Waals surface area contributed by atoms with Gasteiger partial charge >= 0.3 is 12.0 Å². The van der Waals surface area contributed by atoms with E-state index in [2.05, 4.69) is 12.2 Å². The lowest BCUT2D eigenvalue weighted by atomic mass is 9.87. The molecular weight excluding hydrogens is 220 g/mol. The van der Waals surface area contributed by atoms with Crippen molar-refractivity contribution < 1.29 is 14.7 Å². The highest BCUT2D eigenvalue weighted by Crippen LogP contribution is 2.24. The van der Waals surface area contributed by atoms with Gasteiger partial charge in [-0.05, 0) is 31.6 Å². The van der Waals surface area contributed by atoms with Gasteiger partial charge in [-0.1, -0.05) is 6.92 Å². The molecule has 0 aromatic heterocycles. The third-order valence-electron chi connectivity index (χ3n) is 3.86. The lowest BCUT2D eigenvalue weighted by molar-refractivity contribution is -0.146. The Hall–Kier alpha value is -1.26. The van der Waals surface area contributed by atoms with Crippen LogP contribution in [0.2, 0.25) is 0 Å². The Balaban J connectivity index is 1.70. The van der Waals surface area contributed by atoms with Gasteiger partial charge in [-0.2, -0.15) is 0 Å². The van der Waals surface area contributed by atoms with E-state index >= 15 is 0 Å². The molecule has 5 nitrogen and oxygen atoms in total. The SMILES string of the molecule is CC1CCC(NC(=O)N2CC(C(=O)O)C2)CC1. The van der Waals surface area contributed by atoms with Crippen molar-refractivity contribution >= 4 is 12.0 Å². The Morgan fingerprint density at radius 2 is 1.76 bits per heavy atom. The Morgan fingerprint density at radius 3 is 2.29 bits per heavy atom. The number of hydrogen-bond donors (Lipinski definition) is 2. The van der Waals surface area contributed by atoms with Gasteiger partial charge in [0.1, 0.15) is 0 Å². The highest BCUT2D eigenvalue weighted by molar-refractivity contribution is 5.79. The highest BCUT2D eigenvalue weighted by atomic mass is 16.4. The van der Waals surface area contributed by atoms with Crippen LogP contribution in [0.1, 0.15) is 32.6 Å². The zero-order valence-corrected chi connectivity index (χ0v) is 10.2. The molecule has 1 saturated heterocycles. The molecule has 0 aromatic rings. The van der Waals surface area contributed by atoms with E-state index in [9.17, 15) is 9.59 Å². The minimum Gasteiger partial charge on any atom is -0.481 e. The van der Waals surface area contributed by atoms with Gasteiger partial charge in [0, 0.05) is 19.1 Å². The van der Waals surface area contributed by atoms with E-state index in [0.717, 1.165) is 18.8 Å². The van der Waals surface area contributed by atoms with E-state index in [1.807, 2.05) is 0 Å².